The monoisotopic (exact) mass is 710 g/mol. The number of rotatable bonds is 3. The SMILES string of the molecule is C1=CC2c3ccccc3C3(c4cc(C5NC(c6ccccc6)=C6Sc7ccccc7C6N5)ccc4-c4c(-c5ccccc5)cc5c(c43)C=CCC5)C2C=C1. The van der Waals surface area contributed by atoms with Gasteiger partial charge < -0.3 is 5.32 Å². The molecule has 2 heterocycles. The molecule has 5 unspecified atom stereocenters. The summed E-state index contributed by atoms with van der Waals surface area (Å²) in [6, 6.07) is 50.4. The fraction of sp³-hybridized carbons (Fsp3) is 0.137. The van der Waals surface area contributed by atoms with Crippen molar-refractivity contribution in [1.82, 2.24) is 10.6 Å². The van der Waals surface area contributed by atoms with Gasteiger partial charge in [0, 0.05) is 21.6 Å². The molecule has 6 aromatic carbocycles. The van der Waals surface area contributed by atoms with Crippen LogP contribution in [0.5, 0.6) is 0 Å². The van der Waals surface area contributed by atoms with Crippen LogP contribution in [0.1, 0.15) is 74.6 Å². The Hall–Kier alpha value is -5.61. The minimum absolute atomic E-state index is 0.0802. The van der Waals surface area contributed by atoms with Gasteiger partial charge in [-0.2, -0.15) is 0 Å². The fourth-order valence-electron chi connectivity index (χ4n) is 10.7. The molecule has 0 amide bonds. The van der Waals surface area contributed by atoms with Crippen LogP contribution in [-0.2, 0) is 11.8 Å². The van der Waals surface area contributed by atoms with Crippen molar-refractivity contribution in [2.24, 2.45) is 5.92 Å². The third kappa shape index (κ3) is 4.17. The Labute approximate surface area is 321 Å². The molecule has 2 nitrogen and oxygen atoms in total. The minimum atomic E-state index is -0.340. The molecular weight excluding hydrogens is 673 g/mol. The molecule has 0 fully saturated rings. The lowest BCUT2D eigenvalue weighted by atomic mass is 9.63. The normalized spacial score (nSPS) is 24.7. The van der Waals surface area contributed by atoms with E-state index < -0.39 is 0 Å². The Kier molecular flexibility index (Phi) is 6.67. The second-order valence-corrected chi connectivity index (χ2v) is 16.6. The van der Waals surface area contributed by atoms with Crippen LogP contribution in [0.25, 0.3) is 34.0 Å². The van der Waals surface area contributed by atoms with Gasteiger partial charge in [0.2, 0.25) is 0 Å². The highest BCUT2D eigenvalue weighted by Crippen LogP contribution is 2.68. The van der Waals surface area contributed by atoms with Gasteiger partial charge in [-0.15, -0.1) is 0 Å². The topological polar surface area (TPSA) is 24.1 Å². The van der Waals surface area contributed by atoms with Crippen molar-refractivity contribution >= 4 is 23.5 Å². The molecule has 5 atom stereocenters. The number of allylic oxidation sites excluding steroid dienone is 5. The first-order valence-corrected chi connectivity index (χ1v) is 20.2. The summed E-state index contributed by atoms with van der Waals surface area (Å²) in [6.45, 7) is 0. The van der Waals surface area contributed by atoms with Crippen LogP contribution in [0.2, 0.25) is 0 Å². The first-order valence-electron chi connectivity index (χ1n) is 19.4. The quantitative estimate of drug-likeness (QED) is 0.191. The van der Waals surface area contributed by atoms with E-state index in [0.717, 1.165) is 12.8 Å². The number of benzene rings is 6. The van der Waals surface area contributed by atoms with Gasteiger partial charge in [-0.05, 0) is 97.3 Å². The second-order valence-electron chi connectivity index (χ2n) is 15.5. The Morgan fingerprint density at radius 1 is 0.667 bits per heavy atom. The van der Waals surface area contributed by atoms with Gasteiger partial charge in [-0.1, -0.05) is 170 Å². The zero-order valence-corrected chi connectivity index (χ0v) is 30.6. The summed E-state index contributed by atoms with van der Waals surface area (Å²) in [5.74, 6) is 0.572. The van der Waals surface area contributed by atoms with Crippen molar-refractivity contribution in [3.63, 3.8) is 0 Å². The molecule has 6 aromatic rings. The lowest BCUT2D eigenvalue weighted by molar-refractivity contribution is 0.435. The molecule has 1 spiro atoms. The van der Waals surface area contributed by atoms with Crippen LogP contribution in [0.3, 0.4) is 0 Å². The molecular formula is C51H38N2S. The molecule has 258 valence electrons. The summed E-state index contributed by atoms with van der Waals surface area (Å²) >= 11 is 1.90. The molecule has 6 aliphatic rings. The van der Waals surface area contributed by atoms with E-state index in [0.29, 0.717) is 5.92 Å². The highest BCUT2D eigenvalue weighted by molar-refractivity contribution is 8.03. The molecule has 4 aliphatic carbocycles. The summed E-state index contributed by atoms with van der Waals surface area (Å²) in [6.07, 6.45) is 16.5. The van der Waals surface area contributed by atoms with Crippen molar-refractivity contribution in [3.8, 4) is 22.3 Å². The highest BCUT2D eigenvalue weighted by atomic mass is 32.2. The van der Waals surface area contributed by atoms with E-state index in [1.165, 1.54) is 87.8 Å². The van der Waals surface area contributed by atoms with Crippen molar-refractivity contribution in [2.75, 3.05) is 0 Å². The van der Waals surface area contributed by atoms with E-state index in [9.17, 15) is 0 Å². The summed E-state index contributed by atoms with van der Waals surface area (Å²) in [7, 11) is 0. The summed E-state index contributed by atoms with van der Waals surface area (Å²) in [4.78, 5) is 2.68. The fourth-order valence-corrected chi connectivity index (χ4v) is 12.0. The summed E-state index contributed by atoms with van der Waals surface area (Å²) < 4.78 is 0. The van der Waals surface area contributed by atoms with Gasteiger partial charge in [-0.3, -0.25) is 5.32 Å². The zero-order chi connectivity index (χ0) is 35.4. The van der Waals surface area contributed by atoms with Crippen LogP contribution in [-0.4, -0.2) is 0 Å². The number of nitrogens with one attached hydrogen (secondary N) is 2. The molecule has 3 heteroatoms. The van der Waals surface area contributed by atoms with Crippen LogP contribution in [0.4, 0.5) is 0 Å². The van der Waals surface area contributed by atoms with Crippen molar-refractivity contribution < 1.29 is 0 Å². The van der Waals surface area contributed by atoms with Crippen molar-refractivity contribution in [2.45, 2.75) is 41.3 Å². The van der Waals surface area contributed by atoms with Gasteiger partial charge in [0.05, 0.1) is 17.2 Å². The third-order valence-corrected chi connectivity index (χ3v) is 14.1. The van der Waals surface area contributed by atoms with Crippen LogP contribution in [0, 0.1) is 5.92 Å². The third-order valence-electron chi connectivity index (χ3n) is 12.9. The number of aryl methyl sites for hydroxylation is 1. The smallest absolute Gasteiger partial charge is 0.104 e. The zero-order valence-electron chi connectivity index (χ0n) is 29.8. The van der Waals surface area contributed by atoms with Gasteiger partial charge in [0.15, 0.2) is 0 Å². The van der Waals surface area contributed by atoms with E-state index in [-0.39, 0.29) is 23.5 Å². The molecule has 0 radical (unpaired) electrons. The predicted molar refractivity (Wildman–Crippen MR) is 223 cm³/mol. The lowest BCUT2D eigenvalue weighted by Crippen LogP contribution is -2.41. The number of fused-ring (bicyclic) bond motifs is 15. The van der Waals surface area contributed by atoms with E-state index in [4.69, 9.17) is 0 Å². The number of hydrogen-bond acceptors (Lipinski definition) is 3. The average molecular weight is 711 g/mol. The Balaban J connectivity index is 1.12. The summed E-state index contributed by atoms with van der Waals surface area (Å²) in [5.41, 5.74) is 18.9. The standard InChI is InChI=1S/C51H38N2S/c1-3-15-31(16-4-1)40-29-33-19-7-8-20-35(33)46-45(40)38-28-27-34(30-43(38)51(46)41-24-12-9-21-36(41)37-22-10-13-25-42(37)51)50-52-47(32-17-5-2-6-18-32)49-48(53-50)39-23-11-14-26-44(39)54-49/h1-6,8-18,20-30,36,41,48,50,52-53H,7,19H2. The first-order chi connectivity index (χ1) is 26.8. The van der Waals surface area contributed by atoms with Crippen molar-refractivity contribution in [3.05, 3.63) is 219 Å². The molecule has 0 aromatic heterocycles. The first kappa shape index (κ1) is 30.8. The van der Waals surface area contributed by atoms with E-state index >= 15 is 0 Å². The number of hydrogen-bond donors (Lipinski definition) is 2. The second kappa shape index (κ2) is 11.7. The van der Waals surface area contributed by atoms with Gasteiger partial charge in [-0.25, -0.2) is 0 Å². The Bertz CT molecular complexity index is 2670. The maximum Gasteiger partial charge on any atom is 0.104 e. The maximum absolute atomic E-state index is 4.12. The van der Waals surface area contributed by atoms with Crippen LogP contribution in [0.15, 0.2) is 174 Å². The van der Waals surface area contributed by atoms with Crippen LogP contribution >= 0.6 is 11.8 Å². The minimum Gasteiger partial charge on any atom is -0.365 e. The predicted octanol–water partition coefficient (Wildman–Crippen LogP) is 11.9. The molecule has 12 rings (SSSR count). The maximum atomic E-state index is 4.12. The van der Waals surface area contributed by atoms with E-state index in [2.05, 4.69) is 181 Å². The highest BCUT2D eigenvalue weighted by Gasteiger charge is 2.58. The molecule has 2 N–H and O–H groups in total. The summed E-state index contributed by atoms with van der Waals surface area (Å²) in [5, 5.41) is 8.17. The van der Waals surface area contributed by atoms with E-state index in [1.54, 1.807) is 0 Å². The van der Waals surface area contributed by atoms with Gasteiger partial charge >= 0.3 is 0 Å². The van der Waals surface area contributed by atoms with Crippen molar-refractivity contribution in [1.29, 1.82) is 0 Å². The molecule has 0 saturated heterocycles. The van der Waals surface area contributed by atoms with E-state index in [1.807, 2.05) is 11.8 Å². The Morgan fingerprint density at radius 2 is 1.43 bits per heavy atom. The number of thioether (sulfide) groups is 1. The molecule has 54 heavy (non-hydrogen) atoms. The lowest BCUT2D eigenvalue weighted by Gasteiger charge is -2.39. The largest absolute Gasteiger partial charge is 0.365 e. The molecule has 2 aliphatic heterocycles. The average Bonchev–Trinajstić information content (AvgIpc) is 3.88. The molecule has 0 saturated carbocycles. The van der Waals surface area contributed by atoms with Gasteiger partial charge in [0.25, 0.3) is 0 Å². The van der Waals surface area contributed by atoms with Gasteiger partial charge in [0.1, 0.15) is 6.17 Å². The van der Waals surface area contributed by atoms with Crippen LogP contribution < -0.4 is 10.6 Å². The molecule has 0 bridgehead atoms. The Morgan fingerprint density at radius 3 is 2.30 bits per heavy atom.